The number of carbonyl (C=O) groups excluding carboxylic acids is 1. The molecular formula is C19H12Cl3F2N5O3S. The summed E-state index contributed by atoms with van der Waals surface area (Å²) in [6.07, 6.45) is 4.18. The number of amides is 1. The molecule has 1 atom stereocenters. The van der Waals surface area contributed by atoms with Crippen LogP contribution in [0.4, 0.5) is 8.78 Å². The highest BCUT2D eigenvalue weighted by Crippen LogP contribution is 2.32. The van der Waals surface area contributed by atoms with Crippen LogP contribution in [0.3, 0.4) is 0 Å². The highest BCUT2D eigenvalue weighted by Gasteiger charge is 2.35. The van der Waals surface area contributed by atoms with Gasteiger partial charge in [0.25, 0.3) is 5.91 Å². The van der Waals surface area contributed by atoms with Gasteiger partial charge in [0, 0.05) is 24.2 Å². The summed E-state index contributed by atoms with van der Waals surface area (Å²) in [6, 6.07) is 7.66. The molecule has 0 aliphatic rings. The molecule has 0 aliphatic carbocycles. The number of nitrogens with zero attached hydrogens (tertiary/aromatic N) is 5. The lowest BCUT2D eigenvalue weighted by Crippen LogP contribution is -2.07. The minimum absolute atomic E-state index is 0.0864. The second-order valence-electron chi connectivity index (χ2n) is 6.85. The van der Waals surface area contributed by atoms with Crippen molar-refractivity contribution in [3.05, 3.63) is 64.4 Å². The van der Waals surface area contributed by atoms with Crippen LogP contribution in [0.25, 0.3) is 17.0 Å². The van der Waals surface area contributed by atoms with Gasteiger partial charge in [-0.1, -0.05) is 34.4 Å². The average molecular weight is 535 g/mol. The van der Waals surface area contributed by atoms with Crippen LogP contribution in [0.2, 0.25) is 10.0 Å². The van der Waals surface area contributed by atoms with Crippen molar-refractivity contribution in [1.82, 2.24) is 19.5 Å². The van der Waals surface area contributed by atoms with Crippen molar-refractivity contribution >= 4 is 56.1 Å². The van der Waals surface area contributed by atoms with Gasteiger partial charge < -0.3 is 8.92 Å². The van der Waals surface area contributed by atoms with Gasteiger partial charge in [-0.25, -0.2) is 9.19 Å². The predicted molar refractivity (Wildman–Crippen MR) is 118 cm³/mol. The molecule has 0 spiro atoms. The monoisotopic (exact) mass is 533 g/mol. The van der Waals surface area contributed by atoms with E-state index >= 15 is 0 Å². The maximum atomic E-state index is 13.1. The van der Waals surface area contributed by atoms with Crippen LogP contribution >= 0.6 is 34.8 Å². The summed E-state index contributed by atoms with van der Waals surface area (Å²) < 4.78 is 49.1. The number of pyridine rings is 1. The number of carbonyl (C=O) groups is 1. The number of aromatic nitrogens is 4. The fourth-order valence-electron chi connectivity index (χ4n) is 2.99. The van der Waals surface area contributed by atoms with Gasteiger partial charge in [-0.15, -0.1) is 0 Å². The summed E-state index contributed by atoms with van der Waals surface area (Å²) in [7, 11) is -3.20. The summed E-state index contributed by atoms with van der Waals surface area (Å²) in [5.41, 5.74) is 1.06. The van der Waals surface area contributed by atoms with Gasteiger partial charge in [-0.05, 0) is 35.9 Å². The molecule has 0 bridgehead atoms. The lowest BCUT2D eigenvalue weighted by Gasteiger charge is -2.08. The minimum atomic E-state index is -3.79. The Bertz CT molecular complexity index is 1490. The van der Waals surface area contributed by atoms with Crippen LogP contribution in [0.5, 0.6) is 0 Å². The van der Waals surface area contributed by atoms with Gasteiger partial charge in [0.15, 0.2) is 0 Å². The number of imidazole rings is 1. The van der Waals surface area contributed by atoms with E-state index in [1.54, 1.807) is 28.9 Å². The Kier molecular flexibility index (Phi) is 6.16. The van der Waals surface area contributed by atoms with Crippen LogP contribution in [0.1, 0.15) is 11.6 Å². The van der Waals surface area contributed by atoms with Crippen molar-refractivity contribution in [3.8, 4) is 11.4 Å². The van der Waals surface area contributed by atoms with Crippen LogP contribution in [0, 0.1) is 0 Å². The van der Waals surface area contributed by atoms with Crippen molar-refractivity contribution in [2.45, 2.75) is 16.7 Å². The first kappa shape index (κ1) is 23.6. The molecule has 1 amide bonds. The second kappa shape index (κ2) is 8.64. The molecule has 0 fully saturated rings. The zero-order valence-corrected chi connectivity index (χ0v) is 19.6. The molecule has 1 aromatic carbocycles. The number of rotatable bonds is 5. The Morgan fingerprint density at radius 2 is 1.94 bits per heavy atom. The smallest absolute Gasteiger partial charge is 0.331 e. The van der Waals surface area contributed by atoms with E-state index in [9.17, 15) is 17.8 Å². The quantitative estimate of drug-likeness (QED) is 0.326. The molecule has 8 nitrogen and oxygen atoms in total. The Morgan fingerprint density at radius 1 is 1.24 bits per heavy atom. The molecular weight excluding hydrogens is 523 g/mol. The summed E-state index contributed by atoms with van der Waals surface area (Å²) in [6.45, 7) is 0. The largest absolute Gasteiger partial charge is 0.400 e. The predicted octanol–water partition coefficient (Wildman–Crippen LogP) is 5.21. The maximum absolute atomic E-state index is 13.1. The Morgan fingerprint density at radius 3 is 2.58 bits per heavy atom. The van der Waals surface area contributed by atoms with E-state index in [4.69, 9.17) is 34.8 Å². The molecule has 4 aromatic rings. The number of hydrogen-bond acceptors (Lipinski definition) is 6. The maximum Gasteiger partial charge on any atom is 0.400 e. The lowest BCUT2D eigenvalue weighted by atomic mass is 10.2. The van der Waals surface area contributed by atoms with E-state index in [1.165, 1.54) is 24.5 Å². The molecule has 0 N–H and O–H groups in total. The van der Waals surface area contributed by atoms with Gasteiger partial charge in [0.05, 0.1) is 36.8 Å². The van der Waals surface area contributed by atoms with Crippen LogP contribution < -0.4 is 0 Å². The van der Waals surface area contributed by atoms with Gasteiger partial charge in [-0.3, -0.25) is 4.79 Å². The minimum Gasteiger partial charge on any atom is -0.331 e. The van der Waals surface area contributed by atoms with E-state index in [-0.39, 0.29) is 27.2 Å². The third-order valence-electron chi connectivity index (χ3n) is 4.34. The topological polar surface area (TPSA) is 103 Å². The van der Waals surface area contributed by atoms with Crippen molar-refractivity contribution in [2.24, 2.45) is 4.36 Å². The van der Waals surface area contributed by atoms with Crippen LogP contribution in [0.15, 0.2) is 56.5 Å². The first-order chi connectivity index (χ1) is 15.4. The normalized spacial score (nSPS) is 13.8. The molecule has 0 radical (unpaired) electrons. The van der Waals surface area contributed by atoms with Crippen molar-refractivity contribution in [1.29, 1.82) is 0 Å². The van der Waals surface area contributed by atoms with Crippen LogP contribution in [-0.2, 0) is 26.3 Å². The number of alkyl halides is 3. The Balaban J connectivity index is 1.60. The molecule has 172 valence electrons. The first-order valence-electron chi connectivity index (χ1n) is 9.02. The molecule has 0 saturated heterocycles. The van der Waals surface area contributed by atoms with Gasteiger partial charge in [-0.2, -0.15) is 18.1 Å². The Labute approximate surface area is 200 Å². The summed E-state index contributed by atoms with van der Waals surface area (Å²) >= 11 is 17.1. The SMILES string of the molecule is CS(=O)(=NC(=O)Cc1cn2ccc(-c3noc(C(F)(F)Cl)n3)cc2n1)c1c(Cl)cccc1Cl. The third kappa shape index (κ3) is 5.01. The summed E-state index contributed by atoms with van der Waals surface area (Å²) in [4.78, 5) is 20.5. The summed E-state index contributed by atoms with van der Waals surface area (Å²) in [5.74, 6) is -1.82. The van der Waals surface area contributed by atoms with E-state index in [1.807, 2.05) is 0 Å². The number of halogens is 5. The second-order valence-corrected chi connectivity index (χ2v) is 10.3. The molecule has 14 heteroatoms. The molecule has 1 unspecified atom stereocenters. The van der Waals surface area contributed by atoms with Gasteiger partial charge >= 0.3 is 11.3 Å². The standard InChI is InChI=1S/C19H12Cl3F2N5O3S/c1-33(31,16-12(20)3-2-4-13(16)21)28-15(30)8-11-9-29-6-5-10(7-14(29)25-11)17-26-18(32-27-17)19(22,23)24/h2-7,9H,8H2,1H3. The fraction of sp³-hybridized carbons (Fsp3) is 0.158. The zero-order chi connectivity index (χ0) is 24.0. The summed E-state index contributed by atoms with van der Waals surface area (Å²) in [5, 5.41) is -0.0138. The number of benzene rings is 1. The fourth-order valence-corrected chi connectivity index (χ4v) is 5.72. The van der Waals surface area contributed by atoms with E-state index < -0.39 is 26.9 Å². The van der Waals surface area contributed by atoms with Crippen molar-refractivity contribution in [3.63, 3.8) is 0 Å². The Hall–Kier alpha value is -2.60. The zero-order valence-electron chi connectivity index (χ0n) is 16.5. The van der Waals surface area contributed by atoms with Crippen molar-refractivity contribution < 1.29 is 22.3 Å². The highest BCUT2D eigenvalue weighted by atomic mass is 35.5. The molecule has 3 heterocycles. The molecule has 33 heavy (non-hydrogen) atoms. The lowest BCUT2D eigenvalue weighted by molar-refractivity contribution is -0.117. The van der Waals surface area contributed by atoms with Gasteiger partial charge in [0.1, 0.15) is 5.65 Å². The van der Waals surface area contributed by atoms with E-state index in [0.29, 0.717) is 16.9 Å². The van der Waals surface area contributed by atoms with Gasteiger partial charge in [0.2, 0.25) is 5.82 Å². The van der Waals surface area contributed by atoms with Crippen LogP contribution in [-0.4, -0.2) is 35.9 Å². The molecule has 0 saturated carbocycles. The van der Waals surface area contributed by atoms with E-state index in [0.717, 1.165) is 0 Å². The van der Waals surface area contributed by atoms with E-state index in [2.05, 4.69) is 24.0 Å². The number of fused-ring (bicyclic) bond motifs is 1. The first-order valence-corrected chi connectivity index (χ1v) is 12.1. The highest BCUT2D eigenvalue weighted by molar-refractivity contribution is 7.93. The molecule has 4 rings (SSSR count). The molecule has 3 aromatic heterocycles. The third-order valence-corrected chi connectivity index (χ3v) is 7.11. The van der Waals surface area contributed by atoms with Crippen molar-refractivity contribution in [2.75, 3.05) is 6.26 Å². The molecule has 0 aliphatic heterocycles. The average Bonchev–Trinajstić information content (AvgIpc) is 3.33. The number of hydrogen-bond donors (Lipinski definition) is 0.